The molecule has 232 valence electrons. The van der Waals surface area contributed by atoms with E-state index < -0.39 is 29.9 Å². The lowest BCUT2D eigenvalue weighted by Gasteiger charge is -2.35. The van der Waals surface area contributed by atoms with E-state index in [0.717, 1.165) is 6.42 Å². The average Bonchev–Trinajstić information content (AvgIpc) is 3.52. The van der Waals surface area contributed by atoms with Gasteiger partial charge in [0.25, 0.3) is 12.4 Å². The number of benzene rings is 1. The van der Waals surface area contributed by atoms with Crippen molar-refractivity contribution in [3.63, 3.8) is 0 Å². The first kappa shape index (κ1) is 32.7. The van der Waals surface area contributed by atoms with E-state index in [2.05, 4.69) is 20.6 Å². The molecule has 2 saturated heterocycles. The predicted molar refractivity (Wildman–Crippen MR) is 152 cm³/mol. The number of aliphatic carboxylic acids is 1. The Morgan fingerprint density at radius 2 is 1.79 bits per heavy atom. The summed E-state index contributed by atoms with van der Waals surface area (Å²) in [5, 5.41) is 22.1. The minimum Gasteiger partial charge on any atom is -0.483 e. The van der Waals surface area contributed by atoms with Crippen LogP contribution in [0.2, 0.25) is 0 Å². The molecule has 0 unspecified atom stereocenters. The summed E-state index contributed by atoms with van der Waals surface area (Å²) in [4.78, 5) is 70.6. The van der Waals surface area contributed by atoms with Gasteiger partial charge in [0.1, 0.15) is 17.6 Å². The molecule has 4 rings (SSSR count). The van der Waals surface area contributed by atoms with Crippen molar-refractivity contribution in [2.24, 2.45) is 0 Å². The molecule has 3 amide bonds. The Morgan fingerprint density at radius 1 is 1.12 bits per heavy atom. The molecule has 0 aliphatic carbocycles. The Balaban J connectivity index is 0.00000162. The molecule has 3 heterocycles. The van der Waals surface area contributed by atoms with Gasteiger partial charge in [-0.1, -0.05) is 30.3 Å². The zero-order valence-corrected chi connectivity index (χ0v) is 23.8. The van der Waals surface area contributed by atoms with E-state index in [0.29, 0.717) is 30.4 Å². The van der Waals surface area contributed by atoms with Gasteiger partial charge in [0.2, 0.25) is 5.91 Å². The zero-order valence-electron chi connectivity index (χ0n) is 23.8. The molecule has 1 aromatic heterocycles. The van der Waals surface area contributed by atoms with Crippen LogP contribution in [-0.4, -0.2) is 118 Å². The molecule has 2 aliphatic rings. The van der Waals surface area contributed by atoms with Gasteiger partial charge in [-0.2, -0.15) is 0 Å². The first-order chi connectivity index (χ1) is 20.7. The highest BCUT2D eigenvalue weighted by atomic mass is 16.6. The Kier molecular flexibility index (Phi) is 12.6. The van der Waals surface area contributed by atoms with Gasteiger partial charge in [-0.15, -0.1) is 0 Å². The number of nitrogens with zero attached hydrogens (tertiary/aromatic N) is 4. The van der Waals surface area contributed by atoms with Crippen LogP contribution in [0.25, 0.3) is 11.4 Å². The molecule has 2 fully saturated rings. The lowest BCUT2D eigenvalue weighted by Crippen LogP contribution is -2.56. The van der Waals surface area contributed by atoms with Gasteiger partial charge in [0.05, 0.1) is 19.3 Å². The Hall–Kier alpha value is -4.79. The second kappa shape index (κ2) is 16.6. The quantitative estimate of drug-likeness (QED) is 0.285. The normalized spacial score (nSPS) is 16.7. The summed E-state index contributed by atoms with van der Waals surface area (Å²) >= 11 is 0. The number of nitrogens with one attached hydrogen (secondary N) is 2. The van der Waals surface area contributed by atoms with E-state index in [4.69, 9.17) is 19.4 Å². The Morgan fingerprint density at radius 3 is 2.40 bits per heavy atom. The number of carbonyl (C=O) groups excluding carboxylic acids is 3. The Bertz CT molecular complexity index is 1250. The highest BCUT2D eigenvalue weighted by molar-refractivity contribution is 5.97. The third-order valence-corrected chi connectivity index (χ3v) is 6.64. The van der Waals surface area contributed by atoms with E-state index in [9.17, 15) is 24.3 Å². The topological polar surface area (TPSA) is 201 Å². The molecule has 2 aliphatic heterocycles. The minimum absolute atomic E-state index is 0.0348. The summed E-state index contributed by atoms with van der Waals surface area (Å²) < 4.78 is 10.5. The van der Waals surface area contributed by atoms with Crippen molar-refractivity contribution in [1.29, 1.82) is 0 Å². The second-order valence-corrected chi connectivity index (χ2v) is 9.61. The summed E-state index contributed by atoms with van der Waals surface area (Å²) in [5.74, 6) is -1.36. The fourth-order valence-corrected chi connectivity index (χ4v) is 4.51. The maximum absolute atomic E-state index is 13.4. The number of amides is 3. The summed E-state index contributed by atoms with van der Waals surface area (Å²) in [6.07, 6.45) is -0.0648. The lowest BCUT2D eigenvalue weighted by atomic mass is 10.1. The monoisotopic (exact) mass is 600 g/mol. The molecular formula is C28H36N6O9. The SMILES string of the molecule is CCOC(=O)N1CCN(C(=O)[C@H](CCC(=O)O)NC(=O)c2cc(N[C@@H]3CCOC3)nc(-c3ccccc3)n2)CC1.O=CO. The van der Waals surface area contributed by atoms with Crippen LogP contribution in [0.15, 0.2) is 36.4 Å². The number of carboxylic acid groups (broad SMARTS) is 2. The minimum atomic E-state index is -1.09. The average molecular weight is 601 g/mol. The molecule has 15 heteroatoms. The third kappa shape index (κ3) is 9.92. The van der Waals surface area contributed by atoms with E-state index in [1.165, 1.54) is 15.9 Å². The first-order valence-electron chi connectivity index (χ1n) is 13.9. The highest BCUT2D eigenvalue weighted by Crippen LogP contribution is 2.20. The van der Waals surface area contributed by atoms with E-state index >= 15 is 0 Å². The van der Waals surface area contributed by atoms with Crippen LogP contribution in [-0.2, 0) is 23.9 Å². The van der Waals surface area contributed by atoms with Crippen molar-refractivity contribution >= 4 is 36.2 Å². The smallest absolute Gasteiger partial charge is 0.409 e. The number of anilines is 1. The van der Waals surface area contributed by atoms with Gasteiger partial charge in [0, 0.05) is 50.8 Å². The van der Waals surface area contributed by atoms with E-state index in [-0.39, 0.29) is 63.8 Å². The Labute approximate surface area is 248 Å². The lowest BCUT2D eigenvalue weighted by molar-refractivity contribution is -0.138. The van der Waals surface area contributed by atoms with Crippen molar-refractivity contribution in [2.75, 3.05) is 51.3 Å². The number of rotatable bonds is 10. The predicted octanol–water partition coefficient (Wildman–Crippen LogP) is 1.31. The molecule has 0 saturated carbocycles. The fraction of sp³-hybridized carbons (Fsp3) is 0.464. The number of aromatic nitrogens is 2. The zero-order chi connectivity index (χ0) is 31.2. The first-order valence-corrected chi connectivity index (χ1v) is 13.9. The fourth-order valence-electron chi connectivity index (χ4n) is 4.51. The van der Waals surface area contributed by atoms with Gasteiger partial charge >= 0.3 is 12.1 Å². The van der Waals surface area contributed by atoms with Crippen LogP contribution < -0.4 is 10.6 Å². The van der Waals surface area contributed by atoms with Crippen molar-refractivity contribution < 1.29 is 43.7 Å². The number of hydrogen-bond donors (Lipinski definition) is 4. The maximum atomic E-state index is 13.4. The third-order valence-electron chi connectivity index (χ3n) is 6.64. The van der Waals surface area contributed by atoms with Crippen molar-refractivity contribution in [3.8, 4) is 11.4 Å². The van der Waals surface area contributed by atoms with Crippen molar-refractivity contribution in [2.45, 2.75) is 38.3 Å². The summed E-state index contributed by atoms with van der Waals surface area (Å²) in [7, 11) is 0. The number of piperazine rings is 1. The van der Waals surface area contributed by atoms with Crippen molar-refractivity contribution in [3.05, 3.63) is 42.1 Å². The number of hydrogen-bond acceptors (Lipinski definition) is 10. The van der Waals surface area contributed by atoms with E-state index in [1.807, 2.05) is 30.3 Å². The number of carboxylic acids is 1. The number of ether oxygens (including phenoxy) is 2. The molecule has 1 aromatic carbocycles. The van der Waals surface area contributed by atoms with Crippen LogP contribution in [0, 0.1) is 0 Å². The summed E-state index contributed by atoms with van der Waals surface area (Å²) in [5.41, 5.74) is 0.747. The molecule has 43 heavy (non-hydrogen) atoms. The van der Waals surface area contributed by atoms with Gasteiger partial charge in [0.15, 0.2) is 5.82 Å². The summed E-state index contributed by atoms with van der Waals surface area (Å²) in [6.45, 7) is 3.88. The molecule has 2 aromatic rings. The maximum Gasteiger partial charge on any atom is 0.409 e. The van der Waals surface area contributed by atoms with Crippen LogP contribution in [0.1, 0.15) is 36.7 Å². The molecule has 2 atom stereocenters. The largest absolute Gasteiger partial charge is 0.483 e. The molecule has 0 bridgehead atoms. The van der Waals surface area contributed by atoms with Gasteiger partial charge < -0.3 is 40.1 Å². The van der Waals surface area contributed by atoms with E-state index in [1.54, 1.807) is 6.92 Å². The molecule has 15 nitrogen and oxygen atoms in total. The van der Waals surface area contributed by atoms with Crippen LogP contribution >= 0.6 is 0 Å². The van der Waals surface area contributed by atoms with Crippen LogP contribution in [0.3, 0.4) is 0 Å². The molecule has 0 spiro atoms. The molecular weight excluding hydrogens is 564 g/mol. The van der Waals surface area contributed by atoms with Gasteiger partial charge in [-0.3, -0.25) is 19.2 Å². The number of carbonyl (C=O) groups is 5. The van der Waals surface area contributed by atoms with Gasteiger partial charge in [-0.25, -0.2) is 14.8 Å². The molecule has 4 N–H and O–H groups in total. The standard InChI is InChI=1S/C27H34N6O7.CH2O2/c1-2-40-27(38)33-13-11-32(12-14-33)26(37)20(8-9-23(34)35)30-25(36)21-16-22(28-19-10-15-39-17-19)31-24(29-21)18-6-4-3-5-7-18;2-1-3/h3-7,16,19-20H,2,8-15,17H2,1H3,(H,30,36)(H,34,35)(H,28,29,31);1H,(H,2,3)/t19-,20+;/m1./s1. The molecule has 0 radical (unpaired) electrons. The second-order valence-electron chi connectivity index (χ2n) is 9.61. The van der Waals surface area contributed by atoms with Gasteiger partial charge in [-0.05, 0) is 19.8 Å². The summed E-state index contributed by atoms with van der Waals surface area (Å²) in [6, 6.07) is 9.65. The van der Waals surface area contributed by atoms with Crippen LogP contribution in [0.4, 0.5) is 10.6 Å². The van der Waals surface area contributed by atoms with Crippen LogP contribution in [0.5, 0.6) is 0 Å². The highest BCUT2D eigenvalue weighted by Gasteiger charge is 2.31. The van der Waals surface area contributed by atoms with Crippen molar-refractivity contribution in [1.82, 2.24) is 25.1 Å².